The van der Waals surface area contributed by atoms with Gasteiger partial charge in [0.05, 0.1) is 12.5 Å². The van der Waals surface area contributed by atoms with E-state index in [1.54, 1.807) is 4.90 Å². The molecule has 0 saturated heterocycles. The summed E-state index contributed by atoms with van der Waals surface area (Å²) in [5.41, 5.74) is 0. The molecule has 1 fully saturated rings. The molecule has 100 valence electrons. The number of carboxylic acid groups (broad SMARTS) is 1. The molecule has 1 N–H and O–H groups in total. The lowest BCUT2D eigenvalue weighted by molar-refractivity contribution is -0.145. The maximum Gasteiger partial charge on any atom is 0.306 e. The van der Waals surface area contributed by atoms with E-state index >= 15 is 0 Å². The van der Waals surface area contributed by atoms with Crippen LogP contribution in [0.5, 0.6) is 0 Å². The van der Waals surface area contributed by atoms with E-state index in [1.165, 1.54) is 0 Å². The molecule has 0 aromatic heterocycles. The summed E-state index contributed by atoms with van der Waals surface area (Å²) in [6.07, 6.45) is 8.86. The minimum Gasteiger partial charge on any atom is -0.481 e. The SMILES string of the molecule is C#CCN(CCC)C(=O)C1CCCC(C(=O)O)C1. The van der Waals surface area contributed by atoms with Gasteiger partial charge in [-0.05, 0) is 25.7 Å². The number of hydrogen-bond donors (Lipinski definition) is 1. The van der Waals surface area contributed by atoms with Gasteiger partial charge in [-0.3, -0.25) is 9.59 Å². The summed E-state index contributed by atoms with van der Waals surface area (Å²) in [6, 6.07) is 0. The minimum absolute atomic E-state index is 0.0285. The lowest BCUT2D eigenvalue weighted by atomic mass is 9.80. The molecule has 1 aliphatic rings. The number of carboxylic acids is 1. The number of aliphatic carboxylic acids is 1. The lowest BCUT2D eigenvalue weighted by Crippen LogP contribution is -2.39. The van der Waals surface area contributed by atoms with Gasteiger partial charge in [-0.15, -0.1) is 6.42 Å². The Morgan fingerprint density at radius 3 is 2.61 bits per heavy atom. The van der Waals surface area contributed by atoms with Crippen LogP contribution in [0.25, 0.3) is 0 Å². The van der Waals surface area contributed by atoms with E-state index in [0.29, 0.717) is 25.9 Å². The average molecular weight is 251 g/mol. The Balaban J connectivity index is 2.64. The maximum atomic E-state index is 12.3. The summed E-state index contributed by atoms with van der Waals surface area (Å²) >= 11 is 0. The molecule has 1 saturated carbocycles. The molecule has 2 unspecified atom stereocenters. The number of carbonyl (C=O) groups is 2. The third kappa shape index (κ3) is 3.76. The molecule has 18 heavy (non-hydrogen) atoms. The summed E-state index contributed by atoms with van der Waals surface area (Å²) in [6.45, 7) is 2.97. The molecule has 2 atom stereocenters. The number of terminal acetylenes is 1. The molecule has 0 aliphatic heterocycles. The van der Waals surface area contributed by atoms with Crippen molar-refractivity contribution in [3.8, 4) is 12.3 Å². The first-order valence-electron chi connectivity index (χ1n) is 6.55. The Hall–Kier alpha value is -1.50. The number of hydrogen-bond acceptors (Lipinski definition) is 2. The molecule has 4 nitrogen and oxygen atoms in total. The highest BCUT2D eigenvalue weighted by Gasteiger charge is 2.32. The first-order chi connectivity index (χ1) is 8.60. The van der Waals surface area contributed by atoms with Crippen molar-refractivity contribution in [1.82, 2.24) is 4.90 Å². The van der Waals surface area contributed by atoms with Crippen molar-refractivity contribution in [1.29, 1.82) is 0 Å². The molecule has 4 heteroatoms. The largest absolute Gasteiger partial charge is 0.481 e. The fourth-order valence-electron chi connectivity index (χ4n) is 2.54. The molecule has 1 aliphatic carbocycles. The molecule has 0 radical (unpaired) electrons. The molecule has 1 amide bonds. The van der Waals surface area contributed by atoms with E-state index in [9.17, 15) is 9.59 Å². The summed E-state index contributed by atoms with van der Waals surface area (Å²) in [7, 11) is 0. The second kappa shape index (κ2) is 7.05. The number of nitrogens with zero attached hydrogens (tertiary/aromatic N) is 1. The van der Waals surface area contributed by atoms with E-state index in [4.69, 9.17) is 11.5 Å². The smallest absolute Gasteiger partial charge is 0.306 e. The highest BCUT2D eigenvalue weighted by atomic mass is 16.4. The van der Waals surface area contributed by atoms with Gasteiger partial charge < -0.3 is 10.0 Å². The van der Waals surface area contributed by atoms with Crippen molar-refractivity contribution in [2.24, 2.45) is 11.8 Å². The van der Waals surface area contributed by atoms with Crippen molar-refractivity contribution in [2.75, 3.05) is 13.1 Å². The second-order valence-electron chi connectivity index (χ2n) is 4.86. The molecule has 1 rings (SSSR count). The summed E-state index contributed by atoms with van der Waals surface area (Å²) < 4.78 is 0. The van der Waals surface area contributed by atoms with Gasteiger partial charge >= 0.3 is 5.97 Å². The van der Waals surface area contributed by atoms with Crippen LogP contribution in [0, 0.1) is 24.2 Å². The van der Waals surface area contributed by atoms with Crippen LogP contribution < -0.4 is 0 Å². The van der Waals surface area contributed by atoms with Gasteiger partial charge in [0.15, 0.2) is 0 Å². The summed E-state index contributed by atoms with van der Waals surface area (Å²) in [4.78, 5) is 24.9. The Bertz CT molecular complexity index is 345. The Morgan fingerprint density at radius 2 is 2.06 bits per heavy atom. The van der Waals surface area contributed by atoms with E-state index in [1.807, 2.05) is 6.92 Å². The number of amides is 1. The lowest BCUT2D eigenvalue weighted by Gasteiger charge is -2.30. The monoisotopic (exact) mass is 251 g/mol. The zero-order chi connectivity index (χ0) is 13.5. The highest BCUT2D eigenvalue weighted by molar-refractivity contribution is 5.80. The summed E-state index contributed by atoms with van der Waals surface area (Å²) in [5.74, 6) is 1.20. The van der Waals surface area contributed by atoms with E-state index in [-0.39, 0.29) is 17.7 Å². The highest BCUT2D eigenvalue weighted by Crippen LogP contribution is 2.30. The Morgan fingerprint density at radius 1 is 1.39 bits per heavy atom. The first-order valence-corrected chi connectivity index (χ1v) is 6.55. The van der Waals surface area contributed by atoms with Gasteiger partial charge in [0.2, 0.25) is 5.91 Å². The van der Waals surface area contributed by atoms with Crippen LogP contribution >= 0.6 is 0 Å². The fraction of sp³-hybridized carbons (Fsp3) is 0.714. The zero-order valence-electron chi connectivity index (χ0n) is 10.9. The normalized spacial score (nSPS) is 23.1. The van der Waals surface area contributed by atoms with Crippen LogP contribution in [0.3, 0.4) is 0 Å². The van der Waals surface area contributed by atoms with Gasteiger partial charge in [-0.1, -0.05) is 19.3 Å². The molecular weight excluding hydrogens is 230 g/mol. The predicted molar refractivity (Wildman–Crippen MR) is 68.8 cm³/mol. The van der Waals surface area contributed by atoms with Gasteiger partial charge in [0.25, 0.3) is 0 Å². The van der Waals surface area contributed by atoms with Gasteiger partial charge in [-0.2, -0.15) is 0 Å². The molecule has 0 spiro atoms. The number of rotatable bonds is 5. The molecule has 0 heterocycles. The molecule has 0 aromatic rings. The maximum absolute atomic E-state index is 12.3. The van der Waals surface area contributed by atoms with Gasteiger partial charge in [0, 0.05) is 12.5 Å². The quantitative estimate of drug-likeness (QED) is 0.757. The van der Waals surface area contributed by atoms with Crippen LogP contribution in [-0.2, 0) is 9.59 Å². The Labute approximate surface area is 108 Å². The van der Waals surface area contributed by atoms with Crippen molar-refractivity contribution < 1.29 is 14.7 Å². The third-order valence-electron chi connectivity index (χ3n) is 3.46. The van der Waals surface area contributed by atoms with Crippen LogP contribution in [0.1, 0.15) is 39.0 Å². The van der Waals surface area contributed by atoms with Crippen LogP contribution in [0.2, 0.25) is 0 Å². The van der Waals surface area contributed by atoms with E-state index in [2.05, 4.69) is 5.92 Å². The van der Waals surface area contributed by atoms with Crippen molar-refractivity contribution in [3.05, 3.63) is 0 Å². The minimum atomic E-state index is -0.786. The zero-order valence-corrected chi connectivity index (χ0v) is 10.9. The van der Waals surface area contributed by atoms with Gasteiger partial charge in [-0.25, -0.2) is 0 Å². The molecule has 0 aromatic carbocycles. The fourth-order valence-corrected chi connectivity index (χ4v) is 2.54. The first kappa shape index (κ1) is 14.6. The predicted octanol–water partition coefficient (Wildman–Crippen LogP) is 1.75. The molecule has 0 bridgehead atoms. The third-order valence-corrected chi connectivity index (χ3v) is 3.46. The van der Waals surface area contributed by atoms with E-state index < -0.39 is 5.97 Å². The summed E-state index contributed by atoms with van der Waals surface area (Å²) in [5, 5.41) is 9.03. The second-order valence-corrected chi connectivity index (χ2v) is 4.86. The van der Waals surface area contributed by atoms with Crippen molar-refractivity contribution in [2.45, 2.75) is 39.0 Å². The van der Waals surface area contributed by atoms with Gasteiger partial charge in [0.1, 0.15) is 0 Å². The van der Waals surface area contributed by atoms with Crippen LogP contribution in [0.4, 0.5) is 0 Å². The van der Waals surface area contributed by atoms with Crippen LogP contribution in [0.15, 0.2) is 0 Å². The molecular formula is C14H21NO3. The number of carbonyl (C=O) groups excluding carboxylic acids is 1. The standard InChI is InChI=1S/C14H21NO3/c1-3-8-15(9-4-2)13(16)11-6-5-7-12(10-11)14(17)18/h1,11-12H,4-10H2,2H3,(H,17,18). The van der Waals surface area contributed by atoms with Crippen molar-refractivity contribution in [3.63, 3.8) is 0 Å². The van der Waals surface area contributed by atoms with Crippen LogP contribution in [-0.4, -0.2) is 35.0 Å². The Kier molecular flexibility index (Phi) is 5.70. The average Bonchev–Trinajstić information content (AvgIpc) is 2.38. The topological polar surface area (TPSA) is 57.6 Å². The van der Waals surface area contributed by atoms with Crippen molar-refractivity contribution >= 4 is 11.9 Å². The van der Waals surface area contributed by atoms with E-state index in [0.717, 1.165) is 19.3 Å².